The molecule has 1 aromatic rings. The van der Waals surface area contributed by atoms with Gasteiger partial charge in [-0.1, -0.05) is 18.2 Å². The smallest absolute Gasteiger partial charge is 0.331 e. The van der Waals surface area contributed by atoms with Gasteiger partial charge in [-0.3, -0.25) is 4.79 Å². The molecule has 1 aromatic carbocycles. The number of esters is 1. The second-order valence-corrected chi connectivity index (χ2v) is 4.61. The molecule has 1 atom stereocenters. The molecule has 1 fully saturated rings. The number of methoxy groups -OCH3 is 1. The number of carbonyl (C=O) groups is 2. The van der Waals surface area contributed by atoms with Crippen LogP contribution in [0.15, 0.2) is 30.3 Å². The first-order valence-electron chi connectivity index (χ1n) is 6.85. The van der Waals surface area contributed by atoms with Crippen molar-refractivity contribution in [2.45, 2.75) is 12.5 Å². The first-order chi connectivity index (χ1) is 10.2. The number of para-hydroxylation sites is 1. The number of benzene rings is 1. The number of ether oxygens (including phenoxy) is 3. The summed E-state index contributed by atoms with van der Waals surface area (Å²) in [5, 5.41) is 0. The summed E-state index contributed by atoms with van der Waals surface area (Å²) in [5.41, 5.74) is 0. The molecule has 1 heterocycles. The van der Waals surface area contributed by atoms with E-state index in [9.17, 15) is 9.59 Å². The van der Waals surface area contributed by atoms with Crippen LogP contribution < -0.4 is 4.74 Å². The summed E-state index contributed by atoms with van der Waals surface area (Å²) in [6.07, 6.45) is 0.211. The molecule has 0 bridgehead atoms. The van der Waals surface area contributed by atoms with E-state index < -0.39 is 12.0 Å². The fourth-order valence-corrected chi connectivity index (χ4v) is 2.15. The van der Waals surface area contributed by atoms with Gasteiger partial charge in [-0.05, 0) is 12.1 Å². The van der Waals surface area contributed by atoms with Crippen LogP contribution in [0.4, 0.5) is 0 Å². The molecule has 1 aliphatic rings. The van der Waals surface area contributed by atoms with Gasteiger partial charge in [0.25, 0.3) is 0 Å². The lowest BCUT2D eigenvalue weighted by molar-refractivity contribution is -0.161. The van der Waals surface area contributed by atoms with Gasteiger partial charge < -0.3 is 19.1 Å². The molecule has 1 aliphatic heterocycles. The third-order valence-corrected chi connectivity index (χ3v) is 3.25. The molecule has 6 heteroatoms. The van der Waals surface area contributed by atoms with Crippen molar-refractivity contribution in [3.63, 3.8) is 0 Å². The van der Waals surface area contributed by atoms with Crippen molar-refractivity contribution >= 4 is 11.9 Å². The van der Waals surface area contributed by atoms with Crippen LogP contribution in [0.3, 0.4) is 0 Å². The second kappa shape index (κ2) is 7.64. The Kier molecular flexibility index (Phi) is 5.57. The summed E-state index contributed by atoms with van der Waals surface area (Å²) >= 11 is 0. The van der Waals surface area contributed by atoms with Gasteiger partial charge in [-0.25, -0.2) is 4.79 Å². The maximum Gasteiger partial charge on any atom is 0.331 e. The number of hydrogen-bond acceptors (Lipinski definition) is 5. The summed E-state index contributed by atoms with van der Waals surface area (Å²) in [5.74, 6) is 0.133. The monoisotopic (exact) mass is 293 g/mol. The lowest BCUT2D eigenvalue weighted by atomic mass is 10.2. The number of carbonyl (C=O) groups excluding carboxylic acids is 2. The van der Waals surface area contributed by atoms with Crippen molar-refractivity contribution < 1.29 is 23.8 Å². The van der Waals surface area contributed by atoms with Crippen molar-refractivity contribution in [1.82, 2.24) is 4.90 Å². The molecule has 0 radical (unpaired) electrons. The fraction of sp³-hybridized carbons (Fsp3) is 0.467. The molecule has 1 unspecified atom stereocenters. The Balaban J connectivity index is 1.84. The van der Waals surface area contributed by atoms with Crippen LogP contribution in [0.5, 0.6) is 5.75 Å². The predicted molar refractivity (Wildman–Crippen MR) is 74.9 cm³/mol. The standard InChI is InChI=1S/C15H19NO5/c1-19-15(18)13-11-20-10-8-16(13)14(17)7-9-21-12-5-3-2-4-6-12/h2-6,13H,7-11H2,1H3. The lowest BCUT2D eigenvalue weighted by Crippen LogP contribution is -2.53. The van der Waals surface area contributed by atoms with Crippen molar-refractivity contribution in [3.05, 3.63) is 30.3 Å². The van der Waals surface area contributed by atoms with Crippen LogP contribution in [0.2, 0.25) is 0 Å². The number of amides is 1. The Morgan fingerprint density at radius 3 is 2.81 bits per heavy atom. The highest BCUT2D eigenvalue weighted by molar-refractivity contribution is 5.84. The van der Waals surface area contributed by atoms with E-state index >= 15 is 0 Å². The molecule has 0 N–H and O–H groups in total. The third kappa shape index (κ3) is 4.19. The van der Waals surface area contributed by atoms with Crippen molar-refractivity contribution in [3.8, 4) is 5.75 Å². The summed E-state index contributed by atoms with van der Waals surface area (Å²) in [6.45, 7) is 1.27. The second-order valence-electron chi connectivity index (χ2n) is 4.61. The van der Waals surface area contributed by atoms with E-state index in [-0.39, 0.29) is 25.5 Å². The van der Waals surface area contributed by atoms with E-state index in [1.54, 1.807) is 0 Å². The highest BCUT2D eigenvalue weighted by atomic mass is 16.5. The maximum absolute atomic E-state index is 12.2. The Morgan fingerprint density at radius 2 is 2.10 bits per heavy atom. The quantitative estimate of drug-likeness (QED) is 0.753. The minimum absolute atomic E-state index is 0.135. The zero-order valence-corrected chi connectivity index (χ0v) is 12.0. The highest BCUT2D eigenvalue weighted by Crippen LogP contribution is 2.12. The van der Waals surface area contributed by atoms with Gasteiger partial charge >= 0.3 is 5.97 Å². The van der Waals surface area contributed by atoms with E-state index in [0.29, 0.717) is 13.2 Å². The molecule has 21 heavy (non-hydrogen) atoms. The van der Waals surface area contributed by atoms with Crippen molar-refractivity contribution in [2.24, 2.45) is 0 Å². The van der Waals surface area contributed by atoms with E-state index in [1.165, 1.54) is 12.0 Å². The van der Waals surface area contributed by atoms with Crippen LogP contribution >= 0.6 is 0 Å². The van der Waals surface area contributed by atoms with Crippen LogP contribution in [-0.4, -0.2) is 56.3 Å². The SMILES string of the molecule is COC(=O)C1COCCN1C(=O)CCOc1ccccc1. The van der Waals surface area contributed by atoms with Crippen LogP contribution in [0.25, 0.3) is 0 Å². The zero-order valence-electron chi connectivity index (χ0n) is 12.0. The van der Waals surface area contributed by atoms with Crippen molar-refractivity contribution in [1.29, 1.82) is 0 Å². The highest BCUT2D eigenvalue weighted by Gasteiger charge is 2.33. The average molecular weight is 293 g/mol. The predicted octanol–water partition coefficient (Wildman–Crippen LogP) is 0.856. The molecule has 0 aromatic heterocycles. The van der Waals surface area contributed by atoms with E-state index in [0.717, 1.165) is 5.75 Å². The van der Waals surface area contributed by atoms with Crippen molar-refractivity contribution in [2.75, 3.05) is 33.5 Å². The Hall–Kier alpha value is -2.08. The van der Waals surface area contributed by atoms with Crippen LogP contribution in [0.1, 0.15) is 6.42 Å². The molecule has 1 saturated heterocycles. The fourth-order valence-electron chi connectivity index (χ4n) is 2.15. The zero-order chi connectivity index (χ0) is 15.1. The van der Waals surface area contributed by atoms with Gasteiger partial charge in [0.2, 0.25) is 5.91 Å². The molecule has 0 spiro atoms. The minimum Gasteiger partial charge on any atom is -0.493 e. The Labute approximate surface area is 123 Å². The van der Waals surface area contributed by atoms with Gasteiger partial charge in [0.05, 0.1) is 33.4 Å². The topological polar surface area (TPSA) is 65.1 Å². The third-order valence-electron chi connectivity index (χ3n) is 3.25. The first kappa shape index (κ1) is 15.3. The molecule has 2 rings (SSSR count). The summed E-state index contributed by atoms with van der Waals surface area (Å²) < 4.78 is 15.4. The summed E-state index contributed by atoms with van der Waals surface area (Å²) in [7, 11) is 1.30. The van der Waals surface area contributed by atoms with Crippen LogP contribution in [-0.2, 0) is 19.1 Å². The van der Waals surface area contributed by atoms with E-state index in [4.69, 9.17) is 14.2 Å². The molecular formula is C15H19NO5. The Morgan fingerprint density at radius 1 is 1.33 bits per heavy atom. The molecule has 0 saturated carbocycles. The van der Waals surface area contributed by atoms with Crippen LogP contribution in [0, 0.1) is 0 Å². The van der Waals surface area contributed by atoms with Gasteiger partial charge in [0, 0.05) is 6.54 Å². The maximum atomic E-state index is 12.2. The molecule has 0 aliphatic carbocycles. The summed E-state index contributed by atoms with van der Waals surface area (Å²) in [4.78, 5) is 25.4. The first-order valence-corrected chi connectivity index (χ1v) is 6.85. The minimum atomic E-state index is -0.659. The number of hydrogen-bond donors (Lipinski definition) is 0. The van der Waals surface area contributed by atoms with Gasteiger partial charge in [0.1, 0.15) is 5.75 Å². The molecule has 1 amide bonds. The Bertz CT molecular complexity index is 476. The summed E-state index contributed by atoms with van der Waals surface area (Å²) in [6, 6.07) is 8.63. The molecule has 6 nitrogen and oxygen atoms in total. The van der Waals surface area contributed by atoms with Gasteiger partial charge in [-0.2, -0.15) is 0 Å². The largest absolute Gasteiger partial charge is 0.493 e. The number of morpholine rings is 1. The molecular weight excluding hydrogens is 274 g/mol. The van der Waals surface area contributed by atoms with E-state index in [2.05, 4.69) is 0 Å². The molecule has 114 valence electrons. The number of nitrogens with zero attached hydrogens (tertiary/aromatic N) is 1. The average Bonchev–Trinajstić information content (AvgIpc) is 2.55. The number of rotatable bonds is 5. The van der Waals surface area contributed by atoms with Gasteiger partial charge in [0.15, 0.2) is 6.04 Å². The normalized spacial score (nSPS) is 18.1. The van der Waals surface area contributed by atoms with Gasteiger partial charge in [-0.15, -0.1) is 0 Å². The lowest BCUT2D eigenvalue weighted by Gasteiger charge is -2.33. The van der Waals surface area contributed by atoms with E-state index in [1.807, 2.05) is 30.3 Å².